The third-order valence-electron chi connectivity index (χ3n) is 8.22. The smallest absolute Gasteiger partial charge is 0.302 e. The molecule has 6 nitrogen and oxygen atoms in total. The number of esters is 1. The molecule has 0 aromatic carbocycles. The van der Waals surface area contributed by atoms with Crippen LogP contribution in [0.3, 0.4) is 0 Å². The van der Waals surface area contributed by atoms with Gasteiger partial charge in [0.15, 0.2) is 5.78 Å². The van der Waals surface area contributed by atoms with E-state index >= 15 is 0 Å². The van der Waals surface area contributed by atoms with Gasteiger partial charge in [-0.15, -0.1) is 0 Å². The molecule has 0 unspecified atom stereocenters. The van der Waals surface area contributed by atoms with Crippen molar-refractivity contribution in [1.82, 2.24) is 0 Å². The Bertz CT molecular complexity index is 810. The maximum absolute atomic E-state index is 13.5. The monoisotopic (exact) mass is 404 g/mol. The van der Waals surface area contributed by atoms with E-state index < -0.39 is 17.1 Å². The Morgan fingerprint density at radius 3 is 2.41 bits per heavy atom. The van der Waals surface area contributed by atoms with Crippen molar-refractivity contribution in [3.8, 4) is 0 Å². The van der Waals surface area contributed by atoms with Gasteiger partial charge in [-0.05, 0) is 39.0 Å². The highest BCUT2D eigenvalue weighted by Crippen LogP contribution is 2.64. The molecule has 0 saturated heterocycles. The molecule has 0 N–H and O–H groups in total. The molecule has 160 valence electrons. The Morgan fingerprint density at radius 1 is 1.07 bits per heavy atom. The standard InChI is InChI=1S/C23H32O6/c1-12-9-15(25)14-10-17-22(5,29-20(14)27-12)8-7-16-21(3,4)19(28-13(2)24)11-18(26)23(16,17)6/h12,16-17,19H,7-11H2,1-6H3/t12-,16+,17-,19-,22-,23+/m1/s1. The molecule has 0 aromatic rings. The van der Waals surface area contributed by atoms with Gasteiger partial charge in [0.1, 0.15) is 23.6 Å². The van der Waals surface area contributed by atoms with Crippen molar-refractivity contribution in [3.63, 3.8) is 0 Å². The van der Waals surface area contributed by atoms with Crippen LogP contribution in [-0.4, -0.2) is 35.3 Å². The normalized spacial score (nSPS) is 43.4. The predicted molar refractivity (Wildman–Crippen MR) is 105 cm³/mol. The SMILES string of the molecule is CC(=O)O[C@@H]1CC(=O)[C@@]2(C)[C@@H](CC[C@@]3(C)OC4=C(C[C@@H]23)C(=O)C[C@@H](C)O4)C1(C)C. The summed E-state index contributed by atoms with van der Waals surface area (Å²) in [4.78, 5) is 37.9. The van der Waals surface area contributed by atoms with Crippen LogP contribution in [0.5, 0.6) is 0 Å². The van der Waals surface area contributed by atoms with Gasteiger partial charge in [0.05, 0.1) is 5.57 Å². The molecule has 2 saturated carbocycles. The summed E-state index contributed by atoms with van der Waals surface area (Å²) in [6, 6.07) is 0. The van der Waals surface area contributed by atoms with Crippen LogP contribution in [0.4, 0.5) is 0 Å². The van der Waals surface area contributed by atoms with E-state index in [2.05, 4.69) is 20.8 Å². The molecule has 2 fully saturated rings. The molecule has 0 aromatic heterocycles. The van der Waals surface area contributed by atoms with Crippen LogP contribution in [0.2, 0.25) is 0 Å². The van der Waals surface area contributed by atoms with Gasteiger partial charge in [-0.3, -0.25) is 14.4 Å². The van der Waals surface area contributed by atoms with Crippen molar-refractivity contribution in [2.75, 3.05) is 0 Å². The Morgan fingerprint density at radius 2 is 1.76 bits per heavy atom. The van der Waals surface area contributed by atoms with Crippen molar-refractivity contribution in [1.29, 1.82) is 0 Å². The Labute approximate surface area is 172 Å². The van der Waals surface area contributed by atoms with Crippen LogP contribution < -0.4 is 0 Å². The number of carbonyl (C=O) groups is 3. The number of hydrogen-bond donors (Lipinski definition) is 0. The maximum atomic E-state index is 13.5. The molecule has 4 rings (SSSR count). The van der Waals surface area contributed by atoms with Crippen molar-refractivity contribution >= 4 is 17.5 Å². The Hall–Kier alpha value is -1.85. The molecule has 0 radical (unpaired) electrons. The first kappa shape index (κ1) is 20.4. The van der Waals surface area contributed by atoms with E-state index in [1.165, 1.54) is 6.92 Å². The van der Waals surface area contributed by atoms with E-state index in [0.29, 0.717) is 24.4 Å². The number of ether oxygens (including phenoxy) is 3. The summed E-state index contributed by atoms with van der Waals surface area (Å²) in [5, 5.41) is 0. The zero-order valence-corrected chi connectivity index (χ0v) is 18.3. The van der Waals surface area contributed by atoms with E-state index in [1.54, 1.807) is 0 Å². The number of fused-ring (bicyclic) bond motifs is 3. The number of allylic oxidation sites excluding steroid dienone is 1. The molecule has 4 aliphatic rings. The lowest BCUT2D eigenvalue weighted by molar-refractivity contribution is -0.224. The second-order valence-electron chi connectivity index (χ2n) is 10.4. The fraction of sp³-hybridized carbons (Fsp3) is 0.783. The van der Waals surface area contributed by atoms with E-state index in [-0.39, 0.29) is 47.3 Å². The lowest BCUT2D eigenvalue weighted by Crippen LogP contribution is -2.66. The second kappa shape index (κ2) is 6.32. The number of carbonyl (C=O) groups excluding carboxylic acids is 3. The third-order valence-corrected chi connectivity index (χ3v) is 8.22. The van der Waals surface area contributed by atoms with Crippen LogP contribution in [0, 0.1) is 22.7 Å². The van der Waals surface area contributed by atoms with E-state index in [4.69, 9.17) is 14.2 Å². The number of ketones is 2. The van der Waals surface area contributed by atoms with Crippen molar-refractivity contribution < 1.29 is 28.6 Å². The first-order valence-corrected chi connectivity index (χ1v) is 10.7. The highest BCUT2D eigenvalue weighted by molar-refractivity contribution is 5.97. The zero-order chi connectivity index (χ0) is 21.4. The zero-order valence-electron chi connectivity index (χ0n) is 18.3. The highest BCUT2D eigenvalue weighted by atomic mass is 16.7. The lowest BCUT2D eigenvalue weighted by Gasteiger charge is -2.63. The second-order valence-corrected chi connectivity index (χ2v) is 10.4. The summed E-state index contributed by atoms with van der Waals surface area (Å²) in [6.45, 7) is 11.6. The van der Waals surface area contributed by atoms with Crippen LogP contribution in [0.1, 0.15) is 73.6 Å². The largest absolute Gasteiger partial charge is 0.462 e. The molecule has 6 heteroatoms. The fourth-order valence-electron chi connectivity index (χ4n) is 6.63. The molecule has 0 amide bonds. The summed E-state index contributed by atoms with van der Waals surface area (Å²) in [6.07, 6.45) is 2.02. The topological polar surface area (TPSA) is 78.9 Å². The van der Waals surface area contributed by atoms with Crippen molar-refractivity contribution in [3.05, 3.63) is 11.5 Å². The third kappa shape index (κ3) is 2.85. The minimum atomic E-state index is -0.644. The molecule has 2 aliphatic carbocycles. The summed E-state index contributed by atoms with van der Waals surface area (Å²) in [5.41, 5.74) is -0.942. The average molecular weight is 405 g/mol. The van der Waals surface area contributed by atoms with Gasteiger partial charge in [-0.25, -0.2) is 0 Å². The van der Waals surface area contributed by atoms with Crippen LogP contribution in [0.15, 0.2) is 11.5 Å². The minimum absolute atomic E-state index is 0.0444. The van der Waals surface area contributed by atoms with Gasteiger partial charge in [-0.2, -0.15) is 0 Å². The van der Waals surface area contributed by atoms with E-state index in [1.807, 2.05) is 13.8 Å². The fourth-order valence-corrected chi connectivity index (χ4v) is 6.63. The number of rotatable bonds is 1. The number of hydrogen-bond acceptors (Lipinski definition) is 6. The average Bonchev–Trinajstić information content (AvgIpc) is 2.57. The molecule has 0 spiro atoms. The molecule has 2 heterocycles. The van der Waals surface area contributed by atoms with E-state index in [0.717, 1.165) is 12.8 Å². The summed E-state index contributed by atoms with van der Waals surface area (Å²) >= 11 is 0. The van der Waals surface area contributed by atoms with Gasteiger partial charge in [0.25, 0.3) is 5.95 Å². The molecular formula is C23H32O6. The number of Topliss-reactive ketones (excluding diaryl/α,β-unsaturated/α-hetero) is 2. The van der Waals surface area contributed by atoms with Gasteiger partial charge >= 0.3 is 5.97 Å². The first-order valence-electron chi connectivity index (χ1n) is 10.7. The van der Waals surface area contributed by atoms with Crippen molar-refractivity contribution in [2.45, 2.75) is 91.5 Å². The van der Waals surface area contributed by atoms with Crippen LogP contribution in [-0.2, 0) is 28.6 Å². The first-order chi connectivity index (χ1) is 13.4. The summed E-state index contributed by atoms with van der Waals surface area (Å²) in [5.74, 6) is 0.118. The molecule has 0 bridgehead atoms. The quantitative estimate of drug-likeness (QED) is 0.620. The highest BCUT2D eigenvalue weighted by Gasteiger charge is 2.67. The molecule has 2 aliphatic heterocycles. The molecular weight excluding hydrogens is 372 g/mol. The van der Waals surface area contributed by atoms with Crippen LogP contribution in [0.25, 0.3) is 0 Å². The molecule has 6 atom stereocenters. The molecule has 29 heavy (non-hydrogen) atoms. The lowest BCUT2D eigenvalue weighted by atomic mass is 9.43. The van der Waals surface area contributed by atoms with Gasteiger partial charge in [-0.1, -0.05) is 20.8 Å². The minimum Gasteiger partial charge on any atom is -0.462 e. The van der Waals surface area contributed by atoms with Crippen LogP contribution >= 0.6 is 0 Å². The van der Waals surface area contributed by atoms with Gasteiger partial charge < -0.3 is 14.2 Å². The Balaban J connectivity index is 1.74. The van der Waals surface area contributed by atoms with Gasteiger partial charge in [0, 0.05) is 36.5 Å². The van der Waals surface area contributed by atoms with Gasteiger partial charge in [0.2, 0.25) is 0 Å². The Kier molecular flexibility index (Phi) is 4.45. The van der Waals surface area contributed by atoms with Crippen molar-refractivity contribution in [2.24, 2.45) is 22.7 Å². The van der Waals surface area contributed by atoms with E-state index in [9.17, 15) is 14.4 Å². The predicted octanol–water partition coefficient (Wildman–Crippen LogP) is 3.72. The summed E-state index contributed by atoms with van der Waals surface area (Å²) < 4.78 is 17.8. The maximum Gasteiger partial charge on any atom is 0.302 e. The summed E-state index contributed by atoms with van der Waals surface area (Å²) in [7, 11) is 0.